The summed E-state index contributed by atoms with van der Waals surface area (Å²) in [5.74, 6) is 0.384. The van der Waals surface area contributed by atoms with Gasteiger partial charge in [0.15, 0.2) is 0 Å². The molecule has 0 aliphatic rings. The lowest BCUT2D eigenvalue weighted by atomic mass is 10.1. The molecule has 4 nitrogen and oxygen atoms in total. The molecule has 5 heteroatoms. The highest BCUT2D eigenvalue weighted by atomic mass is 35.5. The number of halogens is 1. The van der Waals surface area contributed by atoms with Gasteiger partial charge in [0.2, 0.25) is 0 Å². The Bertz CT molecular complexity index is 641. The molecule has 4 N–H and O–H groups in total. The molecular weight excluding hydrogens is 264 g/mol. The summed E-state index contributed by atoms with van der Waals surface area (Å²) in [7, 11) is 0. The van der Waals surface area contributed by atoms with Crippen LogP contribution in [0.3, 0.4) is 0 Å². The first kappa shape index (κ1) is 13.2. The zero-order chi connectivity index (χ0) is 14.0. The quantitative estimate of drug-likeness (QED) is 0.846. The Hall–Kier alpha value is -2.20. The van der Waals surface area contributed by atoms with Gasteiger partial charge in [-0.25, -0.2) is 0 Å². The molecule has 0 heterocycles. The van der Waals surface area contributed by atoms with Crippen molar-refractivity contribution >= 4 is 23.2 Å². The zero-order valence-electron chi connectivity index (χ0n) is 10.3. The Morgan fingerprint density at radius 1 is 1.16 bits per heavy atom. The van der Waals surface area contributed by atoms with Gasteiger partial charge in [-0.15, -0.1) is 0 Å². The number of carbonyl (C=O) groups excluding carboxylic acids is 1. The van der Waals surface area contributed by atoms with Gasteiger partial charge in [0.25, 0.3) is 5.91 Å². The molecular formula is C14H13ClN2O2. The highest BCUT2D eigenvalue weighted by Gasteiger charge is 2.12. The molecule has 98 valence electrons. The monoisotopic (exact) mass is 276 g/mol. The summed E-state index contributed by atoms with van der Waals surface area (Å²) in [5, 5.41) is 0.426. The van der Waals surface area contributed by atoms with Crippen molar-refractivity contribution in [2.75, 3.05) is 5.73 Å². The molecule has 0 saturated heterocycles. The summed E-state index contributed by atoms with van der Waals surface area (Å²) in [6.45, 7) is 1.87. The second-order valence-electron chi connectivity index (χ2n) is 4.13. The van der Waals surface area contributed by atoms with Gasteiger partial charge in [-0.2, -0.15) is 0 Å². The van der Waals surface area contributed by atoms with Gasteiger partial charge in [-0.1, -0.05) is 11.6 Å². The van der Waals surface area contributed by atoms with Gasteiger partial charge in [-0.05, 0) is 48.9 Å². The number of carbonyl (C=O) groups is 1. The fraction of sp³-hybridized carbons (Fsp3) is 0.0714. The Morgan fingerprint density at radius 2 is 1.84 bits per heavy atom. The topological polar surface area (TPSA) is 78.3 Å². The fourth-order valence-electron chi connectivity index (χ4n) is 1.69. The van der Waals surface area contributed by atoms with Gasteiger partial charge in [0.1, 0.15) is 11.5 Å². The van der Waals surface area contributed by atoms with Crippen molar-refractivity contribution in [1.29, 1.82) is 0 Å². The molecule has 0 aromatic heterocycles. The van der Waals surface area contributed by atoms with Crippen molar-refractivity contribution in [1.82, 2.24) is 0 Å². The summed E-state index contributed by atoms with van der Waals surface area (Å²) >= 11 is 5.84. The maximum absolute atomic E-state index is 11.4. The third-order valence-electron chi connectivity index (χ3n) is 2.63. The fourth-order valence-corrected chi connectivity index (χ4v) is 1.86. The number of hydrogen-bond acceptors (Lipinski definition) is 3. The predicted octanol–water partition coefficient (Wildman–Crippen LogP) is 3.12. The minimum absolute atomic E-state index is 0.240. The van der Waals surface area contributed by atoms with Crippen LogP contribution in [-0.4, -0.2) is 5.91 Å². The van der Waals surface area contributed by atoms with E-state index in [2.05, 4.69) is 0 Å². The second kappa shape index (κ2) is 5.20. The summed E-state index contributed by atoms with van der Waals surface area (Å²) in [5.41, 5.74) is 12.7. The lowest BCUT2D eigenvalue weighted by molar-refractivity contribution is 0.0998. The summed E-state index contributed by atoms with van der Waals surface area (Å²) in [4.78, 5) is 11.4. The normalized spacial score (nSPS) is 10.2. The minimum Gasteiger partial charge on any atom is -0.456 e. The number of benzene rings is 2. The van der Waals surface area contributed by atoms with Crippen molar-refractivity contribution in [3.05, 3.63) is 52.5 Å². The van der Waals surface area contributed by atoms with Crippen LogP contribution in [0, 0.1) is 6.92 Å². The van der Waals surface area contributed by atoms with Crippen molar-refractivity contribution in [2.24, 2.45) is 5.73 Å². The van der Waals surface area contributed by atoms with E-state index in [0.717, 1.165) is 5.56 Å². The molecule has 0 unspecified atom stereocenters. The summed E-state index contributed by atoms with van der Waals surface area (Å²) in [6, 6.07) is 9.97. The van der Waals surface area contributed by atoms with E-state index >= 15 is 0 Å². The van der Waals surface area contributed by atoms with Crippen LogP contribution in [0.25, 0.3) is 0 Å². The second-order valence-corrected chi connectivity index (χ2v) is 4.57. The van der Waals surface area contributed by atoms with Crippen LogP contribution in [0.2, 0.25) is 5.02 Å². The molecule has 2 rings (SSSR count). The van der Waals surface area contributed by atoms with E-state index in [1.165, 1.54) is 6.07 Å². The highest BCUT2D eigenvalue weighted by molar-refractivity contribution is 6.31. The molecule has 2 aromatic carbocycles. The SMILES string of the molecule is Cc1cc(N)ccc1Oc1ccc(Cl)cc1C(N)=O. The third kappa shape index (κ3) is 2.98. The number of nitrogens with two attached hydrogens (primary N) is 2. The number of rotatable bonds is 3. The van der Waals surface area contributed by atoms with Crippen molar-refractivity contribution in [2.45, 2.75) is 6.92 Å². The first-order chi connectivity index (χ1) is 8.97. The van der Waals surface area contributed by atoms with Gasteiger partial charge >= 0.3 is 0 Å². The third-order valence-corrected chi connectivity index (χ3v) is 2.86. The number of aryl methyl sites for hydroxylation is 1. The summed E-state index contributed by atoms with van der Waals surface area (Å²) in [6.07, 6.45) is 0. The molecule has 1 amide bonds. The Morgan fingerprint density at radius 3 is 2.47 bits per heavy atom. The lowest BCUT2D eigenvalue weighted by Gasteiger charge is -2.12. The van der Waals surface area contributed by atoms with Crippen molar-refractivity contribution < 1.29 is 9.53 Å². The van der Waals surface area contributed by atoms with Gasteiger partial charge in [-0.3, -0.25) is 4.79 Å². The maximum Gasteiger partial charge on any atom is 0.252 e. The Labute approximate surface area is 115 Å². The van der Waals surface area contributed by atoms with E-state index < -0.39 is 5.91 Å². The van der Waals surface area contributed by atoms with Crippen LogP contribution in [-0.2, 0) is 0 Å². The average molecular weight is 277 g/mol. The Kier molecular flexibility index (Phi) is 3.62. The number of nitrogen functional groups attached to an aromatic ring is 1. The highest BCUT2D eigenvalue weighted by Crippen LogP contribution is 2.30. The Balaban J connectivity index is 2.40. The van der Waals surface area contributed by atoms with E-state index in [1.54, 1.807) is 30.3 Å². The standard InChI is InChI=1S/C14H13ClN2O2/c1-8-6-10(16)3-5-12(8)19-13-4-2-9(15)7-11(13)14(17)18/h2-7H,16H2,1H3,(H2,17,18). The van der Waals surface area contributed by atoms with Crippen LogP contribution in [0.15, 0.2) is 36.4 Å². The van der Waals surface area contributed by atoms with E-state index in [4.69, 9.17) is 27.8 Å². The molecule has 19 heavy (non-hydrogen) atoms. The minimum atomic E-state index is -0.592. The smallest absolute Gasteiger partial charge is 0.252 e. The van der Waals surface area contributed by atoms with E-state index in [9.17, 15) is 4.79 Å². The summed E-state index contributed by atoms with van der Waals surface area (Å²) < 4.78 is 5.70. The molecule has 0 spiro atoms. The van der Waals surface area contributed by atoms with Crippen LogP contribution in [0.4, 0.5) is 5.69 Å². The largest absolute Gasteiger partial charge is 0.456 e. The van der Waals surface area contributed by atoms with Gasteiger partial charge in [0, 0.05) is 10.7 Å². The molecule has 0 fully saturated rings. The number of amides is 1. The maximum atomic E-state index is 11.4. The zero-order valence-corrected chi connectivity index (χ0v) is 11.1. The first-order valence-corrected chi connectivity index (χ1v) is 5.98. The number of anilines is 1. The number of primary amides is 1. The number of hydrogen-bond donors (Lipinski definition) is 2. The van der Waals surface area contributed by atoms with Crippen LogP contribution in [0.5, 0.6) is 11.5 Å². The van der Waals surface area contributed by atoms with E-state index in [0.29, 0.717) is 22.2 Å². The van der Waals surface area contributed by atoms with Crippen LogP contribution >= 0.6 is 11.6 Å². The molecule has 2 aromatic rings. The first-order valence-electron chi connectivity index (χ1n) is 5.60. The van der Waals surface area contributed by atoms with Crippen LogP contribution in [0.1, 0.15) is 15.9 Å². The molecule has 0 atom stereocenters. The van der Waals surface area contributed by atoms with E-state index in [-0.39, 0.29) is 5.56 Å². The molecule has 0 aliphatic heterocycles. The predicted molar refractivity (Wildman–Crippen MR) is 75.6 cm³/mol. The molecule has 0 aliphatic carbocycles. The van der Waals surface area contributed by atoms with E-state index in [1.807, 2.05) is 6.92 Å². The van der Waals surface area contributed by atoms with Gasteiger partial charge < -0.3 is 16.2 Å². The lowest BCUT2D eigenvalue weighted by Crippen LogP contribution is -2.12. The van der Waals surface area contributed by atoms with Crippen molar-refractivity contribution in [3.8, 4) is 11.5 Å². The molecule has 0 bridgehead atoms. The molecule has 0 saturated carbocycles. The average Bonchev–Trinajstić information content (AvgIpc) is 2.34. The van der Waals surface area contributed by atoms with Gasteiger partial charge in [0.05, 0.1) is 5.56 Å². The molecule has 0 radical (unpaired) electrons. The van der Waals surface area contributed by atoms with Crippen LogP contribution < -0.4 is 16.2 Å². The number of ether oxygens (including phenoxy) is 1. The van der Waals surface area contributed by atoms with Crippen molar-refractivity contribution in [3.63, 3.8) is 0 Å².